The Bertz CT molecular complexity index is 958. The molecular weight excluding hydrogens is 326 g/mol. The lowest BCUT2D eigenvalue weighted by atomic mass is 10.2. The maximum Gasteiger partial charge on any atom is 0.135 e. The van der Waals surface area contributed by atoms with Gasteiger partial charge in [-0.25, -0.2) is 4.98 Å². The van der Waals surface area contributed by atoms with E-state index >= 15 is 0 Å². The molecule has 4 rings (SSSR count). The van der Waals surface area contributed by atoms with Gasteiger partial charge in [-0.15, -0.1) is 0 Å². The zero-order valence-electron chi connectivity index (χ0n) is 14.6. The first kappa shape index (κ1) is 16.3. The van der Waals surface area contributed by atoms with Gasteiger partial charge in [-0.1, -0.05) is 6.58 Å². The topological polar surface area (TPSA) is 102 Å². The van der Waals surface area contributed by atoms with Gasteiger partial charge in [0.05, 0.1) is 13.2 Å². The van der Waals surface area contributed by atoms with Crippen LogP contribution in [0.1, 0.15) is 24.1 Å². The lowest BCUT2D eigenvalue weighted by Crippen LogP contribution is -2.13. The minimum atomic E-state index is 0.372. The van der Waals surface area contributed by atoms with Crippen molar-refractivity contribution < 1.29 is 4.74 Å². The van der Waals surface area contributed by atoms with Crippen LogP contribution in [0.4, 0.5) is 11.6 Å². The van der Waals surface area contributed by atoms with Gasteiger partial charge in [0.2, 0.25) is 0 Å². The van der Waals surface area contributed by atoms with Gasteiger partial charge in [-0.2, -0.15) is 0 Å². The second kappa shape index (κ2) is 6.63. The number of anilines is 2. The summed E-state index contributed by atoms with van der Waals surface area (Å²) in [5.41, 5.74) is 15.1. The lowest BCUT2D eigenvalue weighted by Gasteiger charge is -2.11. The highest BCUT2D eigenvalue weighted by Gasteiger charge is 2.21. The molecule has 0 spiro atoms. The number of benzene rings is 1. The number of hydrogen-bond acceptors (Lipinski definition) is 5. The number of fused-ring (bicyclic) bond motifs is 1. The number of hydrogen-bond donors (Lipinski definition) is 4. The Morgan fingerprint density at radius 3 is 2.85 bits per heavy atom. The quantitative estimate of drug-likeness (QED) is 0.524. The first-order chi connectivity index (χ1) is 12.6. The summed E-state index contributed by atoms with van der Waals surface area (Å²) in [6, 6.07) is 11.8. The van der Waals surface area contributed by atoms with Crippen LogP contribution in [0.5, 0.6) is 5.75 Å². The molecule has 6 N–H and O–H groups in total. The Kier molecular flexibility index (Phi) is 4.16. The third-order valence-electron chi connectivity index (χ3n) is 4.60. The molecule has 3 aromatic rings. The Hall–Kier alpha value is -3.15. The maximum atomic E-state index is 5.91. The summed E-state index contributed by atoms with van der Waals surface area (Å²) in [5, 5.41) is 4.43. The van der Waals surface area contributed by atoms with Gasteiger partial charge in [-0.05, 0) is 54.5 Å². The largest absolute Gasteiger partial charge is 0.493 e. The van der Waals surface area contributed by atoms with Crippen molar-refractivity contribution >= 4 is 28.2 Å². The molecule has 1 fully saturated rings. The molecule has 1 aromatic carbocycles. The van der Waals surface area contributed by atoms with E-state index in [0.29, 0.717) is 23.9 Å². The summed E-state index contributed by atoms with van der Waals surface area (Å²) in [5.74, 6) is 2.43. The predicted octanol–water partition coefficient (Wildman–Crippen LogP) is 3.28. The van der Waals surface area contributed by atoms with Crippen LogP contribution in [0.3, 0.4) is 0 Å². The number of aromatic nitrogens is 2. The molecule has 6 heteroatoms. The molecule has 2 heterocycles. The van der Waals surface area contributed by atoms with E-state index in [2.05, 4.69) is 40.1 Å². The average molecular weight is 349 g/mol. The number of aromatic amines is 1. The van der Waals surface area contributed by atoms with E-state index in [1.54, 1.807) is 6.07 Å². The van der Waals surface area contributed by atoms with Gasteiger partial charge in [0, 0.05) is 28.5 Å². The van der Waals surface area contributed by atoms with Gasteiger partial charge in [0.25, 0.3) is 0 Å². The molecule has 26 heavy (non-hydrogen) atoms. The number of nitrogens with two attached hydrogens (primary N) is 2. The lowest BCUT2D eigenvalue weighted by molar-refractivity contribution is 0.300. The van der Waals surface area contributed by atoms with Crippen LogP contribution in [-0.4, -0.2) is 16.6 Å². The molecule has 1 aliphatic rings. The summed E-state index contributed by atoms with van der Waals surface area (Å²) in [6.07, 6.45) is 2.58. The first-order valence-electron chi connectivity index (χ1n) is 8.78. The fourth-order valence-electron chi connectivity index (χ4n) is 2.89. The SMILES string of the molecule is C=C(NCc1cc2ccc(OCC3CC3)cc2[nH]1)c1ccc(N)nc1N. The minimum Gasteiger partial charge on any atom is -0.493 e. The number of H-pyrrole nitrogens is 1. The van der Waals surface area contributed by atoms with Crippen LogP contribution in [0.2, 0.25) is 0 Å². The highest BCUT2D eigenvalue weighted by atomic mass is 16.5. The van der Waals surface area contributed by atoms with Crippen molar-refractivity contribution in [1.82, 2.24) is 15.3 Å². The molecule has 6 nitrogen and oxygen atoms in total. The van der Waals surface area contributed by atoms with E-state index in [9.17, 15) is 0 Å². The van der Waals surface area contributed by atoms with Crippen molar-refractivity contribution in [3.63, 3.8) is 0 Å². The van der Waals surface area contributed by atoms with E-state index in [1.165, 1.54) is 12.8 Å². The molecule has 0 amide bonds. The summed E-state index contributed by atoms with van der Waals surface area (Å²) >= 11 is 0. The van der Waals surface area contributed by atoms with Crippen LogP contribution in [-0.2, 0) is 6.54 Å². The van der Waals surface area contributed by atoms with E-state index in [-0.39, 0.29) is 0 Å². The summed E-state index contributed by atoms with van der Waals surface area (Å²) in [7, 11) is 0. The van der Waals surface area contributed by atoms with Gasteiger partial charge in [-0.3, -0.25) is 0 Å². The van der Waals surface area contributed by atoms with Crippen LogP contribution in [0.25, 0.3) is 16.6 Å². The third kappa shape index (κ3) is 3.59. The third-order valence-corrected chi connectivity index (χ3v) is 4.60. The molecule has 0 unspecified atom stereocenters. The molecule has 134 valence electrons. The number of pyridine rings is 1. The van der Waals surface area contributed by atoms with Crippen LogP contribution in [0.15, 0.2) is 43.0 Å². The molecule has 1 saturated carbocycles. The van der Waals surface area contributed by atoms with Gasteiger partial charge >= 0.3 is 0 Å². The molecule has 0 bridgehead atoms. The Labute approximate surface area is 152 Å². The summed E-state index contributed by atoms with van der Waals surface area (Å²) in [6.45, 7) is 5.46. The Morgan fingerprint density at radius 2 is 2.08 bits per heavy atom. The van der Waals surface area contributed by atoms with Crippen molar-refractivity contribution in [3.05, 3.63) is 54.2 Å². The van der Waals surface area contributed by atoms with Crippen molar-refractivity contribution in [2.24, 2.45) is 5.92 Å². The summed E-state index contributed by atoms with van der Waals surface area (Å²) < 4.78 is 5.85. The van der Waals surface area contributed by atoms with E-state index in [4.69, 9.17) is 16.2 Å². The predicted molar refractivity (Wildman–Crippen MR) is 105 cm³/mol. The molecule has 0 aliphatic heterocycles. The van der Waals surface area contributed by atoms with E-state index in [0.717, 1.165) is 40.4 Å². The zero-order chi connectivity index (χ0) is 18.1. The van der Waals surface area contributed by atoms with Crippen LogP contribution >= 0.6 is 0 Å². The fourth-order valence-corrected chi connectivity index (χ4v) is 2.89. The smallest absolute Gasteiger partial charge is 0.135 e. The normalized spacial score (nSPS) is 13.7. The first-order valence-corrected chi connectivity index (χ1v) is 8.78. The Morgan fingerprint density at radius 1 is 1.23 bits per heavy atom. The van der Waals surface area contributed by atoms with Crippen molar-refractivity contribution in [2.75, 3.05) is 18.1 Å². The van der Waals surface area contributed by atoms with Crippen molar-refractivity contribution in [1.29, 1.82) is 0 Å². The molecule has 1 aliphatic carbocycles. The number of rotatable bonds is 7. The highest BCUT2D eigenvalue weighted by Crippen LogP contribution is 2.30. The number of ether oxygens (including phenoxy) is 1. The second-order valence-electron chi connectivity index (χ2n) is 6.80. The highest BCUT2D eigenvalue weighted by molar-refractivity contribution is 5.82. The maximum absolute atomic E-state index is 5.91. The van der Waals surface area contributed by atoms with Crippen molar-refractivity contribution in [2.45, 2.75) is 19.4 Å². The van der Waals surface area contributed by atoms with Crippen molar-refractivity contribution in [3.8, 4) is 5.75 Å². The molecule has 0 saturated heterocycles. The second-order valence-corrected chi connectivity index (χ2v) is 6.80. The van der Waals surface area contributed by atoms with Gasteiger partial charge in [0.15, 0.2) is 0 Å². The number of nitrogens with one attached hydrogen (secondary N) is 2. The van der Waals surface area contributed by atoms with E-state index in [1.807, 2.05) is 12.1 Å². The fraction of sp³-hybridized carbons (Fsp3) is 0.250. The van der Waals surface area contributed by atoms with Gasteiger partial charge in [0.1, 0.15) is 17.4 Å². The molecule has 0 radical (unpaired) electrons. The molecule has 0 atom stereocenters. The zero-order valence-corrected chi connectivity index (χ0v) is 14.6. The molecular formula is C20H23N5O. The number of nitrogens with zero attached hydrogens (tertiary/aromatic N) is 1. The van der Waals surface area contributed by atoms with Crippen LogP contribution < -0.4 is 21.5 Å². The number of nitrogen functional groups attached to an aromatic ring is 2. The summed E-state index contributed by atoms with van der Waals surface area (Å²) in [4.78, 5) is 7.48. The van der Waals surface area contributed by atoms with Gasteiger partial charge < -0.3 is 26.5 Å². The average Bonchev–Trinajstić information content (AvgIpc) is 3.35. The van der Waals surface area contributed by atoms with E-state index < -0.39 is 0 Å². The molecule has 2 aromatic heterocycles. The monoisotopic (exact) mass is 349 g/mol. The Balaban J connectivity index is 1.42. The standard InChI is InChI=1S/C20H23N5O/c1-12(17-6-7-19(21)25-20(17)22)23-10-15-8-14-4-5-16(9-18(14)24-15)26-11-13-2-3-13/h4-9,13,23-24H,1-3,10-11H2,(H4,21,22,25). The van der Waals surface area contributed by atoms with Crippen LogP contribution in [0, 0.1) is 5.92 Å². The minimum absolute atomic E-state index is 0.372.